The van der Waals surface area contributed by atoms with Crippen molar-refractivity contribution >= 4 is 0 Å². The van der Waals surface area contributed by atoms with Gasteiger partial charge in [-0.05, 0) is 32.7 Å². The Bertz CT molecular complexity index is 203. The average molecular weight is 178 g/mol. The molecule has 2 heteroatoms. The van der Waals surface area contributed by atoms with Gasteiger partial charge in [0.2, 0.25) is 0 Å². The van der Waals surface area contributed by atoms with Crippen molar-refractivity contribution in [2.75, 3.05) is 13.1 Å². The SMILES string of the molecule is C/C=C\CC1CCCN1CCC#N. The van der Waals surface area contributed by atoms with E-state index in [-0.39, 0.29) is 0 Å². The van der Waals surface area contributed by atoms with Crippen LogP contribution < -0.4 is 0 Å². The highest BCUT2D eigenvalue weighted by Gasteiger charge is 2.22. The van der Waals surface area contributed by atoms with Crippen LogP contribution in [-0.4, -0.2) is 24.0 Å². The number of rotatable bonds is 4. The molecule has 1 aliphatic rings. The molecular weight excluding hydrogens is 160 g/mol. The zero-order chi connectivity index (χ0) is 9.52. The van der Waals surface area contributed by atoms with Crippen LogP contribution in [0.3, 0.4) is 0 Å². The van der Waals surface area contributed by atoms with E-state index in [2.05, 4.69) is 30.0 Å². The molecule has 2 nitrogen and oxygen atoms in total. The molecule has 1 aliphatic heterocycles. The third-order valence-electron chi connectivity index (χ3n) is 2.65. The Labute approximate surface area is 80.8 Å². The molecule has 1 fully saturated rings. The minimum Gasteiger partial charge on any atom is -0.299 e. The van der Waals surface area contributed by atoms with Gasteiger partial charge < -0.3 is 0 Å². The quantitative estimate of drug-likeness (QED) is 0.618. The molecule has 0 aromatic carbocycles. The molecule has 1 unspecified atom stereocenters. The van der Waals surface area contributed by atoms with Crippen LogP contribution in [0, 0.1) is 11.3 Å². The molecule has 0 bridgehead atoms. The molecule has 1 atom stereocenters. The predicted octanol–water partition coefficient (Wildman–Crippen LogP) is 2.33. The number of allylic oxidation sites excluding steroid dienone is 1. The number of nitriles is 1. The van der Waals surface area contributed by atoms with Crippen LogP contribution in [0.5, 0.6) is 0 Å². The van der Waals surface area contributed by atoms with E-state index in [9.17, 15) is 0 Å². The van der Waals surface area contributed by atoms with Crippen molar-refractivity contribution in [3.05, 3.63) is 12.2 Å². The Kier molecular flexibility index (Phi) is 4.56. The number of hydrogen-bond donors (Lipinski definition) is 0. The van der Waals surface area contributed by atoms with Gasteiger partial charge in [-0.25, -0.2) is 0 Å². The second-order valence-corrected chi connectivity index (χ2v) is 3.54. The summed E-state index contributed by atoms with van der Waals surface area (Å²) >= 11 is 0. The molecule has 1 heterocycles. The van der Waals surface area contributed by atoms with E-state index in [0.29, 0.717) is 12.5 Å². The Morgan fingerprint density at radius 1 is 1.62 bits per heavy atom. The van der Waals surface area contributed by atoms with Gasteiger partial charge in [0.05, 0.1) is 6.07 Å². The number of nitrogens with zero attached hydrogens (tertiary/aromatic N) is 2. The highest BCUT2D eigenvalue weighted by molar-refractivity contribution is 4.89. The van der Waals surface area contributed by atoms with Crippen molar-refractivity contribution in [1.82, 2.24) is 4.90 Å². The van der Waals surface area contributed by atoms with Crippen LogP contribution in [0.15, 0.2) is 12.2 Å². The first-order valence-electron chi connectivity index (χ1n) is 5.10. The van der Waals surface area contributed by atoms with Gasteiger partial charge >= 0.3 is 0 Å². The highest BCUT2D eigenvalue weighted by atomic mass is 15.2. The second kappa shape index (κ2) is 5.77. The Balaban J connectivity index is 2.31. The zero-order valence-corrected chi connectivity index (χ0v) is 8.37. The van der Waals surface area contributed by atoms with Crippen LogP contribution in [0.25, 0.3) is 0 Å². The smallest absolute Gasteiger partial charge is 0.0635 e. The number of likely N-dealkylation sites (tertiary alicyclic amines) is 1. The molecule has 0 saturated carbocycles. The van der Waals surface area contributed by atoms with Gasteiger partial charge in [-0.3, -0.25) is 4.90 Å². The molecule has 0 aromatic rings. The summed E-state index contributed by atoms with van der Waals surface area (Å²) in [7, 11) is 0. The Morgan fingerprint density at radius 3 is 3.15 bits per heavy atom. The highest BCUT2D eigenvalue weighted by Crippen LogP contribution is 2.20. The maximum Gasteiger partial charge on any atom is 0.0635 e. The minimum atomic E-state index is 0.673. The first kappa shape index (κ1) is 10.3. The standard InChI is InChI=1S/C11H18N2/c1-2-3-6-11-7-4-9-13(11)10-5-8-12/h2-3,11H,4-7,9-10H2,1H3/b3-2-. The van der Waals surface area contributed by atoms with E-state index in [1.54, 1.807) is 0 Å². The van der Waals surface area contributed by atoms with Crippen molar-refractivity contribution in [2.24, 2.45) is 0 Å². The second-order valence-electron chi connectivity index (χ2n) is 3.54. The predicted molar refractivity (Wildman–Crippen MR) is 54.3 cm³/mol. The van der Waals surface area contributed by atoms with E-state index in [1.165, 1.54) is 19.4 Å². The summed E-state index contributed by atoms with van der Waals surface area (Å²) in [5.74, 6) is 0. The summed E-state index contributed by atoms with van der Waals surface area (Å²) in [5.41, 5.74) is 0. The largest absolute Gasteiger partial charge is 0.299 e. The van der Waals surface area contributed by atoms with Crippen molar-refractivity contribution in [2.45, 2.75) is 38.6 Å². The fraction of sp³-hybridized carbons (Fsp3) is 0.727. The minimum absolute atomic E-state index is 0.673. The molecule has 13 heavy (non-hydrogen) atoms. The summed E-state index contributed by atoms with van der Waals surface area (Å²) in [6, 6.07) is 2.91. The summed E-state index contributed by atoms with van der Waals surface area (Å²) in [6.07, 6.45) is 8.77. The van der Waals surface area contributed by atoms with E-state index in [0.717, 1.165) is 13.0 Å². The van der Waals surface area contributed by atoms with Crippen molar-refractivity contribution in [1.29, 1.82) is 5.26 Å². The molecular formula is C11H18N2. The maximum absolute atomic E-state index is 8.50. The van der Waals surface area contributed by atoms with Crippen molar-refractivity contribution in [3.63, 3.8) is 0 Å². The molecule has 1 rings (SSSR count). The summed E-state index contributed by atoms with van der Waals surface area (Å²) < 4.78 is 0. The first-order chi connectivity index (χ1) is 6.38. The van der Waals surface area contributed by atoms with Crippen molar-refractivity contribution < 1.29 is 0 Å². The van der Waals surface area contributed by atoms with E-state index >= 15 is 0 Å². The lowest BCUT2D eigenvalue weighted by atomic mass is 10.1. The third-order valence-corrected chi connectivity index (χ3v) is 2.65. The molecule has 72 valence electrons. The van der Waals surface area contributed by atoms with Crippen LogP contribution in [0.1, 0.15) is 32.6 Å². The van der Waals surface area contributed by atoms with Crippen LogP contribution in [0.4, 0.5) is 0 Å². The Hall–Kier alpha value is -0.810. The van der Waals surface area contributed by atoms with Gasteiger partial charge in [0.1, 0.15) is 0 Å². The average Bonchev–Trinajstić information content (AvgIpc) is 2.59. The molecule has 0 aromatic heterocycles. The van der Waals surface area contributed by atoms with Crippen LogP contribution >= 0.6 is 0 Å². The number of hydrogen-bond acceptors (Lipinski definition) is 2. The van der Waals surface area contributed by atoms with E-state index < -0.39 is 0 Å². The monoisotopic (exact) mass is 178 g/mol. The third kappa shape index (κ3) is 3.20. The van der Waals surface area contributed by atoms with Gasteiger partial charge in [-0.2, -0.15) is 5.26 Å². The molecule has 1 saturated heterocycles. The molecule has 0 amide bonds. The lowest BCUT2D eigenvalue weighted by Gasteiger charge is -2.21. The molecule has 0 N–H and O–H groups in total. The fourth-order valence-corrected chi connectivity index (χ4v) is 1.94. The molecule has 0 spiro atoms. The van der Waals surface area contributed by atoms with Gasteiger partial charge in [-0.15, -0.1) is 0 Å². The van der Waals surface area contributed by atoms with E-state index in [4.69, 9.17) is 5.26 Å². The van der Waals surface area contributed by atoms with Gasteiger partial charge in [0, 0.05) is 19.0 Å². The van der Waals surface area contributed by atoms with E-state index in [1.807, 2.05) is 0 Å². The summed E-state index contributed by atoms with van der Waals surface area (Å²) in [6.45, 7) is 4.21. The van der Waals surface area contributed by atoms with Crippen LogP contribution in [0.2, 0.25) is 0 Å². The van der Waals surface area contributed by atoms with Gasteiger partial charge in [0.25, 0.3) is 0 Å². The fourth-order valence-electron chi connectivity index (χ4n) is 1.94. The first-order valence-corrected chi connectivity index (χ1v) is 5.10. The Morgan fingerprint density at radius 2 is 2.46 bits per heavy atom. The van der Waals surface area contributed by atoms with Crippen molar-refractivity contribution in [3.8, 4) is 6.07 Å². The zero-order valence-electron chi connectivity index (χ0n) is 8.37. The van der Waals surface area contributed by atoms with Gasteiger partial charge in [-0.1, -0.05) is 12.2 Å². The maximum atomic E-state index is 8.50. The summed E-state index contributed by atoms with van der Waals surface area (Å²) in [4.78, 5) is 2.45. The summed E-state index contributed by atoms with van der Waals surface area (Å²) in [5, 5.41) is 8.50. The topological polar surface area (TPSA) is 27.0 Å². The van der Waals surface area contributed by atoms with Gasteiger partial charge in [0.15, 0.2) is 0 Å². The molecule has 0 aliphatic carbocycles. The lowest BCUT2D eigenvalue weighted by molar-refractivity contribution is 0.261. The lowest BCUT2D eigenvalue weighted by Crippen LogP contribution is -2.29. The normalized spacial score (nSPS) is 23.8. The van der Waals surface area contributed by atoms with Crippen LogP contribution in [-0.2, 0) is 0 Å². The molecule has 0 radical (unpaired) electrons.